The van der Waals surface area contributed by atoms with Gasteiger partial charge in [0.2, 0.25) is 8.27 Å². The first kappa shape index (κ1) is 15.3. The third-order valence-electron chi connectivity index (χ3n) is 2.10. The monoisotopic (exact) mass is 356 g/mol. The Labute approximate surface area is 117 Å². The van der Waals surface area contributed by atoms with Gasteiger partial charge in [-0.1, -0.05) is 18.5 Å². The van der Waals surface area contributed by atoms with Crippen molar-refractivity contribution in [2.75, 3.05) is 0 Å². The Bertz CT molecular complexity index is 557. The molecule has 1 unspecified atom stereocenters. The molecule has 0 saturated carbocycles. The van der Waals surface area contributed by atoms with E-state index in [4.69, 9.17) is 21.4 Å². The summed E-state index contributed by atoms with van der Waals surface area (Å²) >= 11 is 8.35. The Balaban J connectivity index is 3.03. The van der Waals surface area contributed by atoms with Crippen molar-refractivity contribution in [3.8, 4) is 5.75 Å². The van der Waals surface area contributed by atoms with Gasteiger partial charge in [0, 0.05) is 0 Å². The molecule has 0 aliphatic heterocycles. The number of aliphatic carboxylic acids is 1. The summed E-state index contributed by atoms with van der Waals surface area (Å²) in [6.45, 7) is 1.66. The van der Waals surface area contributed by atoms with Crippen LogP contribution in [0.4, 0.5) is 0 Å². The molecule has 18 heavy (non-hydrogen) atoms. The lowest BCUT2D eigenvalue weighted by Gasteiger charge is -2.14. The SMILES string of the molecule is CCC(Oc1ccc(S(=O)(=O)Br)cc1Cl)C(=O)O. The first-order valence-electron chi connectivity index (χ1n) is 4.89. The van der Waals surface area contributed by atoms with Crippen molar-refractivity contribution >= 4 is 40.7 Å². The second kappa shape index (κ2) is 5.90. The van der Waals surface area contributed by atoms with Gasteiger partial charge in [-0.2, -0.15) is 0 Å². The average molecular weight is 358 g/mol. The van der Waals surface area contributed by atoms with Gasteiger partial charge < -0.3 is 9.84 Å². The minimum absolute atomic E-state index is 0.0248. The fourth-order valence-corrected chi connectivity index (χ4v) is 2.57. The zero-order chi connectivity index (χ0) is 13.9. The lowest BCUT2D eigenvalue weighted by molar-refractivity contribution is -0.145. The summed E-state index contributed by atoms with van der Waals surface area (Å²) in [7, 11) is -3.54. The number of benzene rings is 1. The van der Waals surface area contributed by atoms with Gasteiger partial charge in [-0.05, 0) is 24.6 Å². The molecule has 1 aromatic carbocycles. The van der Waals surface area contributed by atoms with Crippen LogP contribution in [0.3, 0.4) is 0 Å². The summed E-state index contributed by atoms with van der Waals surface area (Å²) in [6.07, 6.45) is -0.751. The lowest BCUT2D eigenvalue weighted by atomic mass is 10.2. The number of hydrogen-bond acceptors (Lipinski definition) is 4. The molecule has 0 amide bonds. The molecule has 0 aromatic heterocycles. The van der Waals surface area contributed by atoms with Crippen LogP contribution in [0.15, 0.2) is 23.1 Å². The number of carboxylic acid groups (broad SMARTS) is 1. The number of hydrogen-bond donors (Lipinski definition) is 1. The maximum absolute atomic E-state index is 11.2. The average Bonchev–Trinajstić information content (AvgIpc) is 2.25. The van der Waals surface area contributed by atoms with E-state index in [1.54, 1.807) is 6.92 Å². The second-order valence-electron chi connectivity index (χ2n) is 3.38. The third-order valence-corrected chi connectivity index (χ3v) is 4.33. The minimum Gasteiger partial charge on any atom is -0.479 e. The standard InChI is InChI=1S/C10H10BrClO5S/c1-2-8(10(13)14)17-9-4-3-6(5-7(9)12)18(11,15)16/h3-5,8H,2H2,1H3,(H,13,14). The van der Waals surface area contributed by atoms with Gasteiger partial charge in [0.15, 0.2) is 6.10 Å². The van der Waals surface area contributed by atoms with Crippen LogP contribution in [0, 0.1) is 0 Å². The van der Waals surface area contributed by atoms with Crippen molar-refractivity contribution in [3.63, 3.8) is 0 Å². The number of ether oxygens (including phenoxy) is 1. The van der Waals surface area contributed by atoms with E-state index >= 15 is 0 Å². The van der Waals surface area contributed by atoms with Crippen LogP contribution in [0.5, 0.6) is 5.75 Å². The summed E-state index contributed by atoms with van der Waals surface area (Å²) in [5.41, 5.74) is 0. The molecule has 1 N–H and O–H groups in total. The molecule has 5 nitrogen and oxygen atoms in total. The highest BCUT2D eigenvalue weighted by atomic mass is 79.9. The van der Waals surface area contributed by atoms with Gasteiger partial charge in [-0.15, -0.1) is 0 Å². The van der Waals surface area contributed by atoms with Crippen LogP contribution in [-0.2, 0) is 13.1 Å². The maximum atomic E-state index is 11.2. The van der Waals surface area contributed by atoms with Gasteiger partial charge in [-0.25, -0.2) is 13.2 Å². The molecule has 100 valence electrons. The highest BCUT2D eigenvalue weighted by Gasteiger charge is 2.19. The molecule has 1 rings (SSSR count). The van der Waals surface area contributed by atoms with E-state index in [0.29, 0.717) is 0 Å². The van der Waals surface area contributed by atoms with Crippen molar-refractivity contribution < 1.29 is 23.1 Å². The van der Waals surface area contributed by atoms with E-state index < -0.39 is 20.3 Å². The quantitative estimate of drug-likeness (QED) is 0.819. The van der Waals surface area contributed by atoms with Gasteiger partial charge in [0.1, 0.15) is 5.75 Å². The van der Waals surface area contributed by atoms with E-state index in [-0.39, 0.29) is 22.1 Å². The van der Waals surface area contributed by atoms with Crippen LogP contribution >= 0.6 is 26.4 Å². The molecule has 0 saturated heterocycles. The van der Waals surface area contributed by atoms with E-state index in [1.165, 1.54) is 18.2 Å². The molecule has 0 spiro atoms. The molecule has 0 aliphatic carbocycles. The van der Waals surface area contributed by atoms with Crippen LogP contribution < -0.4 is 4.74 Å². The first-order chi connectivity index (χ1) is 8.25. The molecular weight excluding hydrogens is 348 g/mol. The zero-order valence-electron chi connectivity index (χ0n) is 9.26. The topological polar surface area (TPSA) is 80.7 Å². The van der Waals surface area contributed by atoms with E-state index in [2.05, 4.69) is 14.8 Å². The maximum Gasteiger partial charge on any atom is 0.344 e. The van der Waals surface area contributed by atoms with Crippen molar-refractivity contribution in [2.24, 2.45) is 0 Å². The highest BCUT2D eigenvalue weighted by molar-refractivity contribution is 9.47. The number of rotatable bonds is 5. The largest absolute Gasteiger partial charge is 0.479 e. The molecular formula is C10H10BrClO5S. The van der Waals surface area contributed by atoms with Gasteiger partial charge in [0.25, 0.3) is 0 Å². The fourth-order valence-electron chi connectivity index (χ4n) is 1.19. The molecule has 0 radical (unpaired) electrons. The van der Waals surface area contributed by atoms with Crippen LogP contribution in [0.1, 0.15) is 13.3 Å². The molecule has 0 fully saturated rings. The smallest absolute Gasteiger partial charge is 0.344 e. The van der Waals surface area contributed by atoms with E-state index in [0.717, 1.165) is 0 Å². The van der Waals surface area contributed by atoms with Crippen LogP contribution in [0.2, 0.25) is 5.02 Å². The highest BCUT2D eigenvalue weighted by Crippen LogP contribution is 2.30. The predicted octanol–water partition coefficient (Wildman–Crippen LogP) is 2.67. The summed E-state index contributed by atoms with van der Waals surface area (Å²) in [4.78, 5) is 10.8. The summed E-state index contributed by atoms with van der Waals surface area (Å²) in [5.74, 6) is -0.975. The zero-order valence-corrected chi connectivity index (χ0v) is 12.4. The number of halogens is 2. The van der Waals surface area contributed by atoms with E-state index in [9.17, 15) is 13.2 Å². The van der Waals surface area contributed by atoms with Crippen LogP contribution in [-0.4, -0.2) is 25.6 Å². The van der Waals surface area contributed by atoms with Crippen molar-refractivity contribution in [2.45, 2.75) is 24.3 Å². The third kappa shape index (κ3) is 3.86. The van der Waals surface area contributed by atoms with Gasteiger partial charge in [0.05, 0.1) is 24.7 Å². The lowest BCUT2D eigenvalue weighted by Crippen LogP contribution is -2.26. The molecule has 1 atom stereocenters. The molecule has 0 aliphatic rings. The summed E-state index contributed by atoms with van der Waals surface area (Å²) < 4.78 is 27.6. The second-order valence-corrected chi connectivity index (χ2v) is 7.69. The Morgan fingerprint density at radius 1 is 1.56 bits per heavy atom. The number of carbonyl (C=O) groups is 1. The Morgan fingerprint density at radius 3 is 2.56 bits per heavy atom. The minimum atomic E-state index is -3.54. The summed E-state index contributed by atoms with van der Waals surface area (Å²) in [5, 5.41) is 8.88. The first-order valence-corrected chi connectivity index (χ1v) is 8.59. The van der Waals surface area contributed by atoms with Crippen molar-refractivity contribution in [1.82, 2.24) is 0 Å². The van der Waals surface area contributed by atoms with Crippen molar-refractivity contribution in [3.05, 3.63) is 23.2 Å². The Kier molecular flexibility index (Phi) is 5.01. The molecule has 8 heteroatoms. The van der Waals surface area contributed by atoms with Gasteiger partial charge >= 0.3 is 5.97 Å². The fraction of sp³-hybridized carbons (Fsp3) is 0.300. The van der Waals surface area contributed by atoms with Gasteiger partial charge in [-0.3, -0.25) is 0 Å². The Morgan fingerprint density at radius 2 is 2.17 bits per heavy atom. The Hall–Kier alpha value is -0.790. The number of carboxylic acids is 1. The summed E-state index contributed by atoms with van der Waals surface area (Å²) in [6, 6.07) is 3.79. The van der Waals surface area contributed by atoms with Crippen LogP contribution in [0.25, 0.3) is 0 Å². The predicted molar refractivity (Wildman–Crippen MR) is 69.9 cm³/mol. The molecule has 0 heterocycles. The van der Waals surface area contributed by atoms with Crippen molar-refractivity contribution in [1.29, 1.82) is 0 Å². The normalized spacial score (nSPS) is 13.1. The molecule has 0 bridgehead atoms. The van der Waals surface area contributed by atoms with E-state index in [1.807, 2.05) is 0 Å². The molecule has 1 aromatic rings.